The minimum Gasteiger partial charge on any atom is -0.508 e. The van der Waals surface area contributed by atoms with Crippen LogP contribution in [0, 0.1) is 0 Å². The van der Waals surface area contributed by atoms with Crippen molar-refractivity contribution in [2.75, 3.05) is 6.61 Å². The third-order valence-electron chi connectivity index (χ3n) is 3.65. The van der Waals surface area contributed by atoms with Crippen LogP contribution in [0.1, 0.15) is 5.56 Å². The van der Waals surface area contributed by atoms with E-state index in [4.69, 9.17) is 4.74 Å². The minimum atomic E-state index is -1.76. The third-order valence-corrected chi connectivity index (χ3v) is 3.65. The van der Waals surface area contributed by atoms with E-state index in [9.17, 15) is 25.2 Å². The molecule has 0 saturated heterocycles. The first kappa shape index (κ1) is 14.2. The lowest BCUT2D eigenvalue weighted by atomic mass is 9.88. The minimum absolute atomic E-state index is 0.0292. The van der Waals surface area contributed by atoms with Crippen LogP contribution in [0.15, 0.2) is 30.3 Å². The molecule has 1 aliphatic rings. The van der Waals surface area contributed by atoms with Crippen molar-refractivity contribution in [3.05, 3.63) is 35.9 Å². The molecule has 0 amide bonds. The van der Waals surface area contributed by atoms with Crippen molar-refractivity contribution in [2.24, 2.45) is 0 Å². The smallest absolute Gasteiger partial charge is 0.158 e. The van der Waals surface area contributed by atoms with Gasteiger partial charge in [0.25, 0.3) is 0 Å². The number of aliphatic hydroxyl groups is 1. The van der Waals surface area contributed by atoms with Gasteiger partial charge in [0, 0.05) is 18.1 Å². The molecule has 0 bridgehead atoms. The number of carbonyl (C=O) groups is 1. The van der Waals surface area contributed by atoms with E-state index in [1.165, 1.54) is 24.3 Å². The second kappa shape index (κ2) is 4.92. The maximum atomic E-state index is 11.2. The zero-order valence-corrected chi connectivity index (χ0v) is 11.5. The average molecular weight is 302 g/mol. The van der Waals surface area contributed by atoms with Gasteiger partial charge in [-0.1, -0.05) is 0 Å². The summed E-state index contributed by atoms with van der Waals surface area (Å²) in [5.41, 5.74) is -0.192. The van der Waals surface area contributed by atoms with E-state index in [0.717, 1.165) is 0 Å². The highest BCUT2D eigenvalue weighted by atomic mass is 16.5. The molecule has 0 aromatic heterocycles. The molecule has 6 nitrogen and oxygen atoms in total. The van der Waals surface area contributed by atoms with E-state index in [0.29, 0.717) is 23.0 Å². The normalized spacial score (nSPS) is 20.0. The monoisotopic (exact) mass is 302 g/mol. The molecular weight excluding hydrogens is 288 g/mol. The number of benzene rings is 2. The Balaban J connectivity index is 2.27. The highest BCUT2D eigenvalue weighted by Gasteiger charge is 2.32. The van der Waals surface area contributed by atoms with Crippen LogP contribution in [0.2, 0.25) is 0 Å². The van der Waals surface area contributed by atoms with Crippen LogP contribution >= 0.6 is 0 Å². The predicted molar refractivity (Wildman–Crippen MR) is 77.1 cm³/mol. The largest absolute Gasteiger partial charge is 0.508 e. The van der Waals surface area contributed by atoms with Crippen molar-refractivity contribution in [1.82, 2.24) is 0 Å². The second-order valence-electron chi connectivity index (χ2n) is 5.37. The second-order valence-corrected chi connectivity index (χ2v) is 5.37. The third kappa shape index (κ3) is 2.33. The van der Waals surface area contributed by atoms with E-state index in [2.05, 4.69) is 0 Å². The van der Waals surface area contributed by atoms with Gasteiger partial charge in [0.15, 0.2) is 23.4 Å². The summed E-state index contributed by atoms with van der Waals surface area (Å²) in [6.07, 6.45) is 0.314. The Morgan fingerprint density at radius 3 is 2.50 bits per heavy atom. The van der Waals surface area contributed by atoms with Crippen LogP contribution in [0.25, 0.3) is 11.1 Å². The van der Waals surface area contributed by atoms with Gasteiger partial charge >= 0.3 is 0 Å². The highest BCUT2D eigenvalue weighted by molar-refractivity contribution is 5.78. The van der Waals surface area contributed by atoms with Crippen molar-refractivity contribution in [3.63, 3.8) is 0 Å². The van der Waals surface area contributed by atoms with E-state index in [-0.39, 0.29) is 36.0 Å². The Kier molecular flexibility index (Phi) is 3.18. The zero-order chi connectivity index (χ0) is 15.9. The van der Waals surface area contributed by atoms with E-state index >= 15 is 0 Å². The molecule has 0 radical (unpaired) electrons. The Hall–Kier alpha value is -2.73. The Bertz CT molecular complexity index is 755. The van der Waals surface area contributed by atoms with Gasteiger partial charge in [0.05, 0.1) is 0 Å². The lowest BCUT2D eigenvalue weighted by Crippen LogP contribution is -2.41. The van der Waals surface area contributed by atoms with Crippen LogP contribution in [0.4, 0.5) is 0 Å². The fourth-order valence-electron chi connectivity index (χ4n) is 2.53. The molecule has 114 valence electrons. The number of hydrogen-bond donors (Lipinski definition) is 4. The highest BCUT2D eigenvalue weighted by Crippen LogP contribution is 2.42. The number of carbonyl (C=O) groups excluding carboxylic acids is 1. The van der Waals surface area contributed by atoms with Crippen molar-refractivity contribution in [3.8, 4) is 34.1 Å². The van der Waals surface area contributed by atoms with Gasteiger partial charge in [0.1, 0.15) is 18.1 Å². The first-order valence-corrected chi connectivity index (χ1v) is 6.61. The summed E-state index contributed by atoms with van der Waals surface area (Å²) in [5.74, 6) is -0.424. The lowest BCUT2D eigenvalue weighted by Gasteiger charge is -2.27. The number of aldehydes is 1. The van der Waals surface area contributed by atoms with Gasteiger partial charge in [-0.3, -0.25) is 4.79 Å². The fraction of sp³-hybridized carbons (Fsp3) is 0.188. The standard InChI is InChI=1S/C16H14O6/c17-7-16(21)6-9-3-13(19)14(20)5-12(9)11-2-1-10(18)4-15(11)22-8-16/h1-5,7,18-21H,6,8H2/t16-/m0/s1. The summed E-state index contributed by atoms with van der Waals surface area (Å²) in [5, 5.41) is 39.3. The van der Waals surface area contributed by atoms with Gasteiger partial charge in [0.2, 0.25) is 0 Å². The predicted octanol–water partition coefficient (Wildman–Crippen LogP) is 1.34. The summed E-state index contributed by atoms with van der Waals surface area (Å²) in [7, 11) is 0. The molecule has 0 unspecified atom stereocenters. The van der Waals surface area contributed by atoms with Gasteiger partial charge in [-0.2, -0.15) is 0 Å². The molecule has 0 aliphatic carbocycles. The van der Waals surface area contributed by atoms with Gasteiger partial charge < -0.3 is 25.2 Å². The molecule has 22 heavy (non-hydrogen) atoms. The number of aromatic hydroxyl groups is 3. The summed E-state index contributed by atoms with van der Waals surface area (Å²) in [6.45, 7) is -0.284. The Morgan fingerprint density at radius 2 is 1.77 bits per heavy atom. The van der Waals surface area contributed by atoms with Crippen molar-refractivity contribution in [2.45, 2.75) is 12.0 Å². The molecule has 4 N–H and O–H groups in total. The molecular formula is C16H14O6. The molecule has 1 aliphatic heterocycles. The first-order chi connectivity index (χ1) is 10.4. The molecule has 0 saturated carbocycles. The molecule has 1 atom stereocenters. The maximum Gasteiger partial charge on any atom is 0.158 e. The van der Waals surface area contributed by atoms with Gasteiger partial charge in [-0.15, -0.1) is 0 Å². The molecule has 2 aromatic carbocycles. The molecule has 2 aromatic rings. The Labute approximate surface area is 125 Å². The van der Waals surface area contributed by atoms with Gasteiger partial charge in [-0.25, -0.2) is 0 Å². The fourth-order valence-corrected chi connectivity index (χ4v) is 2.53. The molecule has 0 spiro atoms. The number of phenols is 3. The van der Waals surface area contributed by atoms with Crippen molar-refractivity contribution < 1.29 is 30.0 Å². The molecule has 1 heterocycles. The quantitative estimate of drug-likeness (QED) is 0.468. The summed E-state index contributed by atoms with van der Waals surface area (Å²) in [6, 6.07) is 7.07. The van der Waals surface area contributed by atoms with E-state index in [1.54, 1.807) is 6.07 Å². The van der Waals surface area contributed by atoms with Crippen LogP contribution in [0.5, 0.6) is 23.0 Å². The number of hydrogen-bond acceptors (Lipinski definition) is 6. The number of rotatable bonds is 1. The van der Waals surface area contributed by atoms with Crippen molar-refractivity contribution >= 4 is 6.29 Å². The molecule has 6 heteroatoms. The Morgan fingerprint density at radius 1 is 1.05 bits per heavy atom. The maximum absolute atomic E-state index is 11.2. The van der Waals surface area contributed by atoms with Crippen LogP contribution < -0.4 is 4.74 Å². The molecule has 0 fully saturated rings. The summed E-state index contributed by atoms with van der Waals surface area (Å²) < 4.78 is 5.46. The van der Waals surface area contributed by atoms with Crippen LogP contribution in [0.3, 0.4) is 0 Å². The first-order valence-electron chi connectivity index (χ1n) is 6.61. The number of ether oxygens (including phenoxy) is 1. The lowest BCUT2D eigenvalue weighted by molar-refractivity contribution is -0.127. The number of fused-ring (bicyclic) bond motifs is 3. The molecule has 3 rings (SSSR count). The topological polar surface area (TPSA) is 107 Å². The summed E-state index contributed by atoms with van der Waals surface area (Å²) in [4.78, 5) is 11.2. The zero-order valence-electron chi connectivity index (χ0n) is 11.5. The van der Waals surface area contributed by atoms with Crippen LogP contribution in [-0.2, 0) is 11.2 Å². The van der Waals surface area contributed by atoms with E-state index in [1.807, 2.05) is 0 Å². The SMILES string of the molecule is O=C[C@]1(O)COc2cc(O)ccc2-c2cc(O)c(O)cc2C1. The van der Waals surface area contributed by atoms with Crippen LogP contribution in [-0.4, -0.2) is 38.9 Å². The summed E-state index contributed by atoms with van der Waals surface area (Å²) >= 11 is 0. The average Bonchev–Trinajstić information content (AvgIpc) is 2.48. The van der Waals surface area contributed by atoms with Gasteiger partial charge in [-0.05, 0) is 35.4 Å². The van der Waals surface area contributed by atoms with E-state index < -0.39 is 5.60 Å². The number of phenolic OH excluding ortho intramolecular Hbond substituents is 3. The van der Waals surface area contributed by atoms with Crippen molar-refractivity contribution in [1.29, 1.82) is 0 Å².